The summed E-state index contributed by atoms with van der Waals surface area (Å²) in [5.41, 5.74) is 0. The zero-order valence-corrected chi connectivity index (χ0v) is 14.9. The lowest BCUT2D eigenvalue weighted by atomic mass is 10.1. The molecule has 116 valence electrons. The smallest absolute Gasteiger partial charge is 0.225 e. The number of nitrogens with zero attached hydrogens (tertiary/aromatic N) is 3. The molecule has 0 aliphatic rings. The van der Waals surface area contributed by atoms with Crippen molar-refractivity contribution in [1.82, 2.24) is 9.97 Å². The van der Waals surface area contributed by atoms with Crippen LogP contribution in [0.2, 0.25) is 5.28 Å². The van der Waals surface area contributed by atoms with Gasteiger partial charge in [0, 0.05) is 17.5 Å². The van der Waals surface area contributed by atoms with E-state index in [9.17, 15) is 0 Å². The number of rotatable bonds is 7. The van der Waals surface area contributed by atoms with Crippen molar-refractivity contribution in [3.05, 3.63) is 16.2 Å². The maximum Gasteiger partial charge on any atom is 0.225 e. The molecule has 0 aliphatic carbocycles. The van der Waals surface area contributed by atoms with Gasteiger partial charge in [-0.05, 0) is 43.9 Å². The molecule has 21 heavy (non-hydrogen) atoms. The number of fused-ring (bicyclic) bond motifs is 1. The van der Waals surface area contributed by atoms with E-state index in [-0.39, 0.29) is 0 Å². The molecule has 0 radical (unpaired) electrons. The summed E-state index contributed by atoms with van der Waals surface area (Å²) >= 11 is 7.88. The molecule has 2 aromatic heterocycles. The van der Waals surface area contributed by atoms with Crippen molar-refractivity contribution < 1.29 is 0 Å². The van der Waals surface area contributed by atoms with Crippen LogP contribution in [0.1, 0.15) is 51.8 Å². The van der Waals surface area contributed by atoms with Crippen LogP contribution in [-0.2, 0) is 6.42 Å². The second-order valence-corrected chi connectivity index (χ2v) is 6.86. The molecule has 0 aromatic carbocycles. The molecule has 5 heteroatoms. The quantitative estimate of drug-likeness (QED) is 0.646. The Balaban J connectivity index is 2.51. The molecule has 0 bridgehead atoms. The number of aromatic nitrogens is 2. The third kappa shape index (κ3) is 3.67. The van der Waals surface area contributed by atoms with Crippen molar-refractivity contribution in [2.24, 2.45) is 0 Å². The lowest BCUT2D eigenvalue weighted by Crippen LogP contribution is -2.34. The molecule has 0 amide bonds. The maximum atomic E-state index is 6.16. The molecular weight excluding hydrogens is 302 g/mol. The van der Waals surface area contributed by atoms with Crippen LogP contribution >= 0.6 is 22.9 Å². The van der Waals surface area contributed by atoms with Gasteiger partial charge in [-0.1, -0.05) is 27.2 Å². The van der Waals surface area contributed by atoms with Crippen molar-refractivity contribution in [3.63, 3.8) is 0 Å². The summed E-state index contributed by atoms with van der Waals surface area (Å²) in [6.45, 7) is 9.88. The van der Waals surface area contributed by atoms with Crippen molar-refractivity contribution in [3.8, 4) is 0 Å². The largest absolute Gasteiger partial charge is 0.353 e. The van der Waals surface area contributed by atoms with Crippen LogP contribution in [0, 0.1) is 0 Å². The van der Waals surface area contributed by atoms with Crippen LogP contribution in [-0.4, -0.2) is 22.6 Å². The van der Waals surface area contributed by atoms with E-state index in [0.717, 1.165) is 41.8 Å². The van der Waals surface area contributed by atoms with Crippen molar-refractivity contribution in [2.75, 3.05) is 11.4 Å². The molecule has 0 saturated carbocycles. The topological polar surface area (TPSA) is 29.0 Å². The zero-order chi connectivity index (χ0) is 15.4. The SMILES string of the molecule is CCCCN(c1nc(Cl)nc2sc(CC)cc12)C(C)CC. The van der Waals surface area contributed by atoms with Crippen LogP contribution in [0.5, 0.6) is 0 Å². The predicted octanol–water partition coefficient (Wildman–Crippen LogP) is 5.31. The van der Waals surface area contributed by atoms with Gasteiger partial charge in [-0.3, -0.25) is 0 Å². The number of hydrogen-bond donors (Lipinski definition) is 0. The minimum atomic E-state index is 0.354. The highest BCUT2D eigenvalue weighted by Crippen LogP contribution is 2.33. The first-order valence-corrected chi connectivity index (χ1v) is 9.02. The number of thiophene rings is 1. The first kappa shape index (κ1) is 16.5. The Bertz CT molecular complexity index is 596. The highest BCUT2D eigenvalue weighted by Gasteiger charge is 2.19. The molecule has 0 fully saturated rings. The second kappa shape index (κ2) is 7.41. The molecule has 2 aromatic rings. The first-order chi connectivity index (χ1) is 10.1. The molecule has 0 spiro atoms. The van der Waals surface area contributed by atoms with E-state index in [1.54, 1.807) is 11.3 Å². The van der Waals surface area contributed by atoms with Crippen molar-refractivity contribution in [2.45, 2.75) is 59.4 Å². The van der Waals surface area contributed by atoms with Crippen LogP contribution in [0.4, 0.5) is 5.82 Å². The Morgan fingerprint density at radius 1 is 1.29 bits per heavy atom. The molecule has 2 rings (SSSR count). The van der Waals surface area contributed by atoms with Crippen LogP contribution in [0.25, 0.3) is 10.2 Å². The third-order valence-electron chi connectivity index (χ3n) is 3.89. The summed E-state index contributed by atoms with van der Waals surface area (Å²) in [6.07, 6.45) is 4.46. The van der Waals surface area contributed by atoms with Gasteiger partial charge in [-0.2, -0.15) is 4.98 Å². The summed E-state index contributed by atoms with van der Waals surface area (Å²) < 4.78 is 0. The Kier molecular flexibility index (Phi) is 5.82. The zero-order valence-electron chi connectivity index (χ0n) is 13.3. The number of aryl methyl sites for hydroxylation is 1. The summed E-state index contributed by atoms with van der Waals surface area (Å²) in [4.78, 5) is 13.7. The standard InChI is InChI=1S/C16H24ClN3S/c1-5-8-9-20(11(4)6-2)14-13-10-12(7-3)21-15(13)19-16(17)18-14/h10-11H,5-9H2,1-4H3. The molecule has 0 saturated heterocycles. The molecule has 1 unspecified atom stereocenters. The summed E-state index contributed by atoms with van der Waals surface area (Å²) in [5.74, 6) is 1.00. The minimum Gasteiger partial charge on any atom is -0.353 e. The Labute approximate surface area is 136 Å². The highest BCUT2D eigenvalue weighted by molar-refractivity contribution is 7.18. The molecular formula is C16H24ClN3S. The van der Waals surface area contributed by atoms with E-state index in [0.29, 0.717) is 11.3 Å². The van der Waals surface area contributed by atoms with Crippen molar-refractivity contribution >= 4 is 39.0 Å². The van der Waals surface area contributed by atoms with Crippen molar-refractivity contribution in [1.29, 1.82) is 0 Å². The molecule has 3 nitrogen and oxygen atoms in total. The maximum absolute atomic E-state index is 6.16. The number of anilines is 1. The van der Waals surface area contributed by atoms with Crippen LogP contribution in [0.3, 0.4) is 0 Å². The predicted molar refractivity (Wildman–Crippen MR) is 93.8 cm³/mol. The van der Waals surface area contributed by atoms with Gasteiger partial charge in [0.25, 0.3) is 0 Å². The molecule has 0 N–H and O–H groups in total. The lowest BCUT2D eigenvalue weighted by molar-refractivity contribution is 0.591. The molecule has 2 heterocycles. The third-order valence-corrected chi connectivity index (χ3v) is 5.23. The van der Waals surface area contributed by atoms with E-state index in [1.165, 1.54) is 11.3 Å². The van der Waals surface area contributed by atoms with Crippen LogP contribution in [0.15, 0.2) is 6.07 Å². The fraction of sp³-hybridized carbons (Fsp3) is 0.625. The van der Waals surface area contributed by atoms with E-state index >= 15 is 0 Å². The van der Waals surface area contributed by atoms with E-state index in [2.05, 4.69) is 48.6 Å². The average Bonchev–Trinajstić information content (AvgIpc) is 2.89. The molecule has 1 atom stereocenters. The second-order valence-electron chi connectivity index (χ2n) is 5.41. The first-order valence-electron chi connectivity index (χ1n) is 7.83. The Morgan fingerprint density at radius 3 is 2.67 bits per heavy atom. The Morgan fingerprint density at radius 2 is 2.05 bits per heavy atom. The van der Waals surface area contributed by atoms with Gasteiger partial charge < -0.3 is 4.90 Å². The number of unbranched alkanes of at least 4 members (excludes halogenated alkanes) is 1. The normalized spacial score (nSPS) is 12.8. The summed E-state index contributed by atoms with van der Waals surface area (Å²) in [6, 6.07) is 2.68. The summed E-state index contributed by atoms with van der Waals surface area (Å²) in [7, 11) is 0. The molecule has 0 aliphatic heterocycles. The van der Waals surface area contributed by atoms with Crippen LogP contribution < -0.4 is 4.90 Å². The highest BCUT2D eigenvalue weighted by atomic mass is 35.5. The van der Waals surface area contributed by atoms with E-state index in [4.69, 9.17) is 11.6 Å². The van der Waals surface area contributed by atoms with Gasteiger partial charge in [0.2, 0.25) is 5.28 Å². The van der Waals surface area contributed by atoms with Gasteiger partial charge in [0.1, 0.15) is 10.6 Å². The fourth-order valence-electron chi connectivity index (χ4n) is 2.41. The Hall–Kier alpha value is -0.870. The minimum absolute atomic E-state index is 0.354. The van der Waals surface area contributed by atoms with Gasteiger partial charge in [-0.15, -0.1) is 11.3 Å². The van der Waals surface area contributed by atoms with E-state index in [1.807, 2.05) is 0 Å². The number of halogens is 1. The van der Waals surface area contributed by atoms with Gasteiger partial charge >= 0.3 is 0 Å². The van der Waals surface area contributed by atoms with E-state index < -0.39 is 0 Å². The lowest BCUT2D eigenvalue weighted by Gasteiger charge is -2.30. The monoisotopic (exact) mass is 325 g/mol. The van der Waals surface area contributed by atoms with Gasteiger partial charge in [-0.25, -0.2) is 4.98 Å². The number of hydrogen-bond acceptors (Lipinski definition) is 4. The van der Waals surface area contributed by atoms with Gasteiger partial charge in [0.15, 0.2) is 0 Å². The average molecular weight is 326 g/mol. The van der Waals surface area contributed by atoms with Gasteiger partial charge in [0.05, 0.1) is 5.39 Å². The summed E-state index contributed by atoms with van der Waals surface area (Å²) in [5, 5.41) is 1.50. The fourth-order valence-corrected chi connectivity index (χ4v) is 3.58.